The van der Waals surface area contributed by atoms with E-state index in [1.807, 2.05) is 36.7 Å². The van der Waals surface area contributed by atoms with E-state index in [9.17, 15) is 0 Å². The third-order valence-electron chi connectivity index (χ3n) is 2.95. The lowest BCUT2D eigenvalue weighted by Gasteiger charge is -2.13. The molecule has 0 aliphatic heterocycles. The Balaban J connectivity index is 1.83. The number of aromatic amines is 1. The molecular formula is C14H14N4. The van der Waals surface area contributed by atoms with Gasteiger partial charge in [0.15, 0.2) is 0 Å². The fourth-order valence-corrected chi connectivity index (χ4v) is 1.93. The van der Waals surface area contributed by atoms with Crippen molar-refractivity contribution in [3.63, 3.8) is 0 Å². The van der Waals surface area contributed by atoms with Crippen LogP contribution in [-0.4, -0.2) is 15.0 Å². The summed E-state index contributed by atoms with van der Waals surface area (Å²) in [5.74, 6) is 0.640. The lowest BCUT2D eigenvalue weighted by molar-refractivity contribution is 0.863. The van der Waals surface area contributed by atoms with Gasteiger partial charge in [0, 0.05) is 17.8 Å². The molecule has 4 nitrogen and oxygen atoms in total. The van der Waals surface area contributed by atoms with Gasteiger partial charge in [-0.15, -0.1) is 0 Å². The molecule has 18 heavy (non-hydrogen) atoms. The second kappa shape index (κ2) is 4.49. The second-order valence-electron chi connectivity index (χ2n) is 4.25. The van der Waals surface area contributed by atoms with Gasteiger partial charge in [-0.3, -0.25) is 0 Å². The molecule has 3 rings (SSSR count). The molecule has 4 heteroatoms. The van der Waals surface area contributed by atoms with Crippen molar-refractivity contribution in [2.24, 2.45) is 0 Å². The highest BCUT2D eigenvalue weighted by Crippen LogP contribution is 2.17. The van der Waals surface area contributed by atoms with Gasteiger partial charge in [0.2, 0.25) is 5.95 Å². The third kappa shape index (κ3) is 2.05. The van der Waals surface area contributed by atoms with E-state index < -0.39 is 0 Å². The molecule has 0 aliphatic carbocycles. The van der Waals surface area contributed by atoms with Crippen LogP contribution in [0.5, 0.6) is 0 Å². The van der Waals surface area contributed by atoms with Crippen molar-refractivity contribution in [1.29, 1.82) is 0 Å². The summed E-state index contributed by atoms with van der Waals surface area (Å²) in [6, 6.07) is 12.4. The Morgan fingerprint density at radius 2 is 2.00 bits per heavy atom. The molecule has 1 aromatic carbocycles. The van der Waals surface area contributed by atoms with Crippen LogP contribution in [0.4, 0.5) is 5.95 Å². The van der Waals surface area contributed by atoms with E-state index in [-0.39, 0.29) is 6.04 Å². The van der Waals surface area contributed by atoms with Gasteiger partial charge in [0.1, 0.15) is 5.65 Å². The number of benzene rings is 1. The van der Waals surface area contributed by atoms with Crippen molar-refractivity contribution in [2.75, 3.05) is 5.32 Å². The Labute approximate surface area is 105 Å². The topological polar surface area (TPSA) is 53.6 Å². The van der Waals surface area contributed by atoms with Crippen LogP contribution in [0.2, 0.25) is 0 Å². The van der Waals surface area contributed by atoms with E-state index in [1.54, 1.807) is 0 Å². The number of hydrogen-bond acceptors (Lipinski definition) is 3. The van der Waals surface area contributed by atoms with Crippen molar-refractivity contribution < 1.29 is 0 Å². The highest BCUT2D eigenvalue weighted by molar-refractivity contribution is 5.75. The predicted octanol–water partition coefficient (Wildman–Crippen LogP) is 3.13. The normalized spacial score (nSPS) is 12.5. The lowest BCUT2D eigenvalue weighted by Crippen LogP contribution is -2.09. The number of hydrogen-bond donors (Lipinski definition) is 2. The summed E-state index contributed by atoms with van der Waals surface area (Å²) < 4.78 is 0. The summed E-state index contributed by atoms with van der Waals surface area (Å²) in [7, 11) is 0. The van der Waals surface area contributed by atoms with Crippen molar-refractivity contribution >= 4 is 17.0 Å². The van der Waals surface area contributed by atoms with Crippen LogP contribution in [0.3, 0.4) is 0 Å². The number of fused-ring (bicyclic) bond motifs is 1. The van der Waals surface area contributed by atoms with Crippen LogP contribution >= 0.6 is 0 Å². The predicted molar refractivity (Wildman–Crippen MR) is 72.4 cm³/mol. The Morgan fingerprint density at radius 3 is 2.83 bits per heavy atom. The average Bonchev–Trinajstić information content (AvgIpc) is 2.87. The van der Waals surface area contributed by atoms with Gasteiger partial charge in [-0.25, -0.2) is 4.98 Å². The van der Waals surface area contributed by atoms with E-state index in [0.717, 1.165) is 11.0 Å². The molecule has 0 saturated carbocycles. The maximum absolute atomic E-state index is 4.42. The minimum atomic E-state index is 0.179. The van der Waals surface area contributed by atoms with E-state index in [4.69, 9.17) is 0 Å². The molecule has 3 aromatic rings. The molecule has 0 spiro atoms. The molecule has 2 N–H and O–H groups in total. The molecule has 0 radical (unpaired) electrons. The molecule has 1 atom stereocenters. The first-order chi connectivity index (χ1) is 8.83. The molecule has 0 bridgehead atoms. The smallest absolute Gasteiger partial charge is 0.225 e. The van der Waals surface area contributed by atoms with Crippen molar-refractivity contribution in [3.8, 4) is 0 Å². The summed E-state index contributed by atoms with van der Waals surface area (Å²) in [5.41, 5.74) is 2.07. The third-order valence-corrected chi connectivity index (χ3v) is 2.95. The van der Waals surface area contributed by atoms with Crippen LogP contribution in [-0.2, 0) is 0 Å². The van der Waals surface area contributed by atoms with Gasteiger partial charge < -0.3 is 10.3 Å². The molecule has 0 aliphatic rings. The molecule has 0 amide bonds. The molecular weight excluding hydrogens is 224 g/mol. The first kappa shape index (κ1) is 10.8. The summed E-state index contributed by atoms with van der Waals surface area (Å²) in [4.78, 5) is 11.8. The van der Waals surface area contributed by atoms with Crippen LogP contribution in [0.1, 0.15) is 18.5 Å². The van der Waals surface area contributed by atoms with Crippen LogP contribution in [0, 0.1) is 0 Å². The molecule has 2 heterocycles. The van der Waals surface area contributed by atoms with Gasteiger partial charge in [-0.2, -0.15) is 4.98 Å². The quantitative estimate of drug-likeness (QED) is 0.737. The van der Waals surface area contributed by atoms with Crippen molar-refractivity contribution in [3.05, 3.63) is 54.4 Å². The first-order valence-electron chi connectivity index (χ1n) is 5.94. The fourth-order valence-electron chi connectivity index (χ4n) is 1.93. The second-order valence-corrected chi connectivity index (χ2v) is 4.25. The number of rotatable bonds is 3. The monoisotopic (exact) mass is 238 g/mol. The summed E-state index contributed by atoms with van der Waals surface area (Å²) >= 11 is 0. The van der Waals surface area contributed by atoms with E-state index in [0.29, 0.717) is 5.95 Å². The molecule has 1 unspecified atom stereocenters. The maximum Gasteiger partial charge on any atom is 0.225 e. The Kier molecular flexibility index (Phi) is 2.68. The minimum absolute atomic E-state index is 0.179. The van der Waals surface area contributed by atoms with Crippen LogP contribution < -0.4 is 5.32 Å². The Bertz CT molecular complexity index is 645. The van der Waals surface area contributed by atoms with E-state index in [1.165, 1.54) is 5.56 Å². The van der Waals surface area contributed by atoms with Crippen LogP contribution in [0.25, 0.3) is 11.0 Å². The van der Waals surface area contributed by atoms with Crippen LogP contribution in [0.15, 0.2) is 48.8 Å². The van der Waals surface area contributed by atoms with Gasteiger partial charge >= 0.3 is 0 Å². The first-order valence-corrected chi connectivity index (χ1v) is 5.94. The summed E-state index contributed by atoms with van der Waals surface area (Å²) in [6.07, 6.45) is 3.68. The number of H-pyrrole nitrogens is 1. The SMILES string of the molecule is CC(Nc1ncc2cc[nH]c2n1)c1ccccc1. The summed E-state index contributed by atoms with van der Waals surface area (Å²) in [5, 5.41) is 4.32. The standard InChI is InChI=1S/C14H14N4/c1-10(11-5-3-2-4-6-11)17-14-16-9-12-7-8-15-13(12)18-14/h2-10H,1H3,(H2,15,16,17,18). The molecule has 0 fully saturated rings. The molecule has 90 valence electrons. The van der Waals surface area contributed by atoms with E-state index >= 15 is 0 Å². The molecule has 2 aromatic heterocycles. The molecule has 0 saturated heterocycles. The zero-order valence-corrected chi connectivity index (χ0v) is 10.1. The number of aromatic nitrogens is 3. The lowest BCUT2D eigenvalue weighted by atomic mass is 10.1. The zero-order valence-electron chi connectivity index (χ0n) is 10.1. The zero-order chi connectivity index (χ0) is 12.4. The van der Waals surface area contributed by atoms with Gasteiger partial charge in [-0.1, -0.05) is 30.3 Å². The van der Waals surface area contributed by atoms with Gasteiger partial charge in [-0.05, 0) is 18.6 Å². The number of nitrogens with zero attached hydrogens (tertiary/aromatic N) is 2. The fraction of sp³-hybridized carbons (Fsp3) is 0.143. The minimum Gasteiger partial charge on any atom is -0.348 e. The van der Waals surface area contributed by atoms with E-state index in [2.05, 4.69) is 39.3 Å². The maximum atomic E-state index is 4.42. The summed E-state index contributed by atoms with van der Waals surface area (Å²) in [6.45, 7) is 2.09. The van der Waals surface area contributed by atoms with Crippen molar-refractivity contribution in [2.45, 2.75) is 13.0 Å². The Morgan fingerprint density at radius 1 is 1.17 bits per heavy atom. The highest BCUT2D eigenvalue weighted by atomic mass is 15.1. The average molecular weight is 238 g/mol. The Hall–Kier alpha value is -2.36. The highest BCUT2D eigenvalue weighted by Gasteiger charge is 2.07. The van der Waals surface area contributed by atoms with Gasteiger partial charge in [0.05, 0.1) is 6.04 Å². The van der Waals surface area contributed by atoms with Crippen molar-refractivity contribution in [1.82, 2.24) is 15.0 Å². The number of anilines is 1. The largest absolute Gasteiger partial charge is 0.348 e. The van der Waals surface area contributed by atoms with Gasteiger partial charge in [0.25, 0.3) is 0 Å². The number of nitrogens with one attached hydrogen (secondary N) is 2.